The molecule has 7 nitrogen and oxygen atoms in total. The van der Waals surface area contributed by atoms with Gasteiger partial charge in [-0.15, -0.1) is 0 Å². The number of nitriles is 1. The lowest BCUT2D eigenvalue weighted by Gasteiger charge is -2.20. The van der Waals surface area contributed by atoms with Gasteiger partial charge >= 0.3 is 12.1 Å². The summed E-state index contributed by atoms with van der Waals surface area (Å²) in [6.07, 6.45) is 1.51. The van der Waals surface area contributed by atoms with Gasteiger partial charge in [0.15, 0.2) is 0 Å². The van der Waals surface area contributed by atoms with Crippen molar-refractivity contribution in [3.8, 4) is 17.3 Å². The first kappa shape index (κ1) is 26.4. The predicted octanol–water partition coefficient (Wildman–Crippen LogP) is 4.69. The lowest BCUT2D eigenvalue weighted by Crippen LogP contribution is -2.28. The minimum absolute atomic E-state index is 0.252. The lowest BCUT2D eigenvalue weighted by molar-refractivity contribution is -0.192. The number of alkyl halides is 3. The van der Waals surface area contributed by atoms with Gasteiger partial charge in [-0.05, 0) is 54.9 Å². The normalized spacial score (nSPS) is 14.0. The number of hydrogen-bond acceptors (Lipinski definition) is 5. The summed E-state index contributed by atoms with van der Waals surface area (Å²) in [7, 11) is 0. The molecule has 11 heteroatoms. The summed E-state index contributed by atoms with van der Waals surface area (Å²) in [6, 6.07) is 14.4. The molecular weight excluding hydrogens is 478 g/mol. The fraction of sp³-hybridized carbons (Fsp3) is 0.240. The van der Waals surface area contributed by atoms with Gasteiger partial charge in [-0.3, -0.25) is 4.98 Å². The van der Waals surface area contributed by atoms with Crippen molar-refractivity contribution in [3.05, 3.63) is 71.3 Å². The molecule has 0 atom stereocenters. The number of aromatic nitrogens is 2. The zero-order chi connectivity index (χ0) is 26.1. The SMILES string of the molecule is N#Cc1cc(-c2ccnc(/C=C/c3ccc(F)cc3)c2)[nH]c1N1CCCNCC1.O=C(O)C(F)(F)F. The van der Waals surface area contributed by atoms with E-state index in [0.717, 1.165) is 60.9 Å². The maximum Gasteiger partial charge on any atom is 0.490 e. The van der Waals surface area contributed by atoms with Crippen molar-refractivity contribution in [2.45, 2.75) is 12.6 Å². The third kappa shape index (κ3) is 7.41. The van der Waals surface area contributed by atoms with Crippen molar-refractivity contribution in [2.24, 2.45) is 0 Å². The summed E-state index contributed by atoms with van der Waals surface area (Å²) >= 11 is 0. The van der Waals surface area contributed by atoms with Crippen LogP contribution in [-0.4, -0.2) is 53.4 Å². The number of nitrogens with one attached hydrogen (secondary N) is 2. The number of anilines is 1. The number of aliphatic carboxylic acids is 1. The highest BCUT2D eigenvalue weighted by molar-refractivity contribution is 5.74. The van der Waals surface area contributed by atoms with Crippen LogP contribution in [0.5, 0.6) is 0 Å². The van der Waals surface area contributed by atoms with Gasteiger partial charge in [-0.2, -0.15) is 18.4 Å². The molecule has 4 rings (SSSR count). The summed E-state index contributed by atoms with van der Waals surface area (Å²) in [5, 5.41) is 20.1. The second-order valence-electron chi connectivity index (χ2n) is 7.80. The highest BCUT2D eigenvalue weighted by atomic mass is 19.4. The van der Waals surface area contributed by atoms with Crippen LogP contribution in [0.4, 0.5) is 23.4 Å². The van der Waals surface area contributed by atoms with E-state index in [1.807, 2.05) is 30.4 Å². The Bertz CT molecular complexity index is 1240. The number of hydrogen-bond donors (Lipinski definition) is 3. The molecule has 1 saturated heterocycles. The molecule has 36 heavy (non-hydrogen) atoms. The molecule has 3 aromatic rings. The Hall–Kier alpha value is -4.17. The topological polar surface area (TPSA) is 105 Å². The molecule has 0 saturated carbocycles. The van der Waals surface area contributed by atoms with Crippen LogP contribution >= 0.6 is 0 Å². The molecule has 0 amide bonds. The average Bonchev–Trinajstić information content (AvgIpc) is 3.10. The molecule has 0 aliphatic carbocycles. The zero-order valence-corrected chi connectivity index (χ0v) is 19.0. The monoisotopic (exact) mass is 501 g/mol. The van der Waals surface area contributed by atoms with E-state index >= 15 is 0 Å². The third-order valence-electron chi connectivity index (χ3n) is 5.22. The largest absolute Gasteiger partial charge is 0.490 e. The number of aromatic amines is 1. The molecule has 1 aromatic carbocycles. The second-order valence-corrected chi connectivity index (χ2v) is 7.80. The van der Waals surface area contributed by atoms with E-state index < -0.39 is 12.1 Å². The molecule has 3 N–H and O–H groups in total. The second kappa shape index (κ2) is 12.0. The summed E-state index contributed by atoms with van der Waals surface area (Å²) in [5.74, 6) is -2.13. The van der Waals surface area contributed by atoms with E-state index in [1.54, 1.807) is 18.3 Å². The van der Waals surface area contributed by atoms with Crippen molar-refractivity contribution in [1.82, 2.24) is 15.3 Å². The first-order valence-electron chi connectivity index (χ1n) is 11.0. The van der Waals surface area contributed by atoms with E-state index in [4.69, 9.17) is 9.90 Å². The number of carboxylic acids is 1. The van der Waals surface area contributed by atoms with Crippen LogP contribution in [0, 0.1) is 17.1 Å². The van der Waals surface area contributed by atoms with Gasteiger partial charge < -0.3 is 20.3 Å². The highest BCUT2D eigenvalue weighted by Crippen LogP contribution is 2.28. The smallest absolute Gasteiger partial charge is 0.475 e. The van der Waals surface area contributed by atoms with E-state index in [2.05, 4.69) is 26.3 Å². The summed E-state index contributed by atoms with van der Waals surface area (Å²) < 4.78 is 44.8. The Morgan fingerprint density at radius 3 is 2.50 bits per heavy atom. The van der Waals surface area contributed by atoms with Gasteiger partial charge in [0.1, 0.15) is 17.7 Å². The number of benzene rings is 1. The number of rotatable bonds is 4. The minimum atomic E-state index is -5.08. The highest BCUT2D eigenvalue weighted by Gasteiger charge is 2.38. The van der Waals surface area contributed by atoms with Gasteiger partial charge in [0.05, 0.1) is 11.3 Å². The fourth-order valence-corrected chi connectivity index (χ4v) is 3.47. The quantitative estimate of drug-likeness (QED) is 0.448. The summed E-state index contributed by atoms with van der Waals surface area (Å²) in [5.41, 5.74) is 4.21. The van der Waals surface area contributed by atoms with Gasteiger partial charge in [0.25, 0.3) is 0 Å². The van der Waals surface area contributed by atoms with Crippen molar-refractivity contribution in [3.63, 3.8) is 0 Å². The number of pyridine rings is 1. The molecule has 0 radical (unpaired) electrons. The Kier molecular flexibility index (Phi) is 8.81. The number of carboxylic acid groups (broad SMARTS) is 1. The predicted molar refractivity (Wildman–Crippen MR) is 127 cm³/mol. The third-order valence-corrected chi connectivity index (χ3v) is 5.22. The van der Waals surface area contributed by atoms with Crippen molar-refractivity contribution < 1.29 is 27.5 Å². The van der Waals surface area contributed by atoms with Crippen molar-refractivity contribution >= 4 is 23.9 Å². The molecule has 188 valence electrons. The molecule has 0 bridgehead atoms. The van der Waals surface area contributed by atoms with Crippen LogP contribution in [-0.2, 0) is 4.79 Å². The zero-order valence-electron chi connectivity index (χ0n) is 19.0. The molecule has 1 aliphatic heterocycles. The van der Waals surface area contributed by atoms with Gasteiger partial charge in [-0.1, -0.05) is 18.2 Å². The first-order valence-corrected chi connectivity index (χ1v) is 11.0. The first-order chi connectivity index (χ1) is 17.2. The molecular formula is C25H23F4N5O2. The lowest BCUT2D eigenvalue weighted by atomic mass is 10.1. The molecule has 2 aromatic heterocycles. The molecule has 3 heterocycles. The fourth-order valence-electron chi connectivity index (χ4n) is 3.47. The molecule has 1 fully saturated rings. The van der Waals surface area contributed by atoms with Crippen molar-refractivity contribution in [2.75, 3.05) is 31.1 Å². The van der Waals surface area contributed by atoms with E-state index in [0.29, 0.717) is 5.56 Å². The molecule has 0 spiro atoms. The van der Waals surface area contributed by atoms with Crippen LogP contribution in [0.25, 0.3) is 23.4 Å². The van der Waals surface area contributed by atoms with Crippen LogP contribution in [0.2, 0.25) is 0 Å². The van der Waals surface area contributed by atoms with Gasteiger partial charge in [0.2, 0.25) is 0 Å². The van der Waals surface area contributed by atoms with Gasteiger partial charge in [0, 0.05) is 37.1 Å². The van der Waals surface area contributed by atoms with Crippen molar-refractivity contribution in [1.29, 1.82) is 5.26 Å². The standard InChI is InChI=1S/C23H22FN5.C2HF3O2/c24-20-5-2-17(3-6-20)4-7-21-14-18(8-10-27-21)22-15-19(16-25)23(28-22)29-12-1-9-26-11-13-29;3-2(4,5)1(6)7/h2-8,10,14-15,26,28H,1,9,11-13H2;(H,6,7)/b7-4+;. The molecule has 0 unspecified atom stereocenters. The molecule has 1 aliphatic rings. The Morgan fingerprint density at radius 1 is 1.11 bits per heavy atom. The maximum atomic E-state index is 13.0. The summed E-state index contributed by atoms with van der Waals surface area (Å²) in [4.78, 5) is 19.0. The van der Waals surface area contributed by atoms with Crippen LogP contribution in [0.15, 0.2) is 48.7 Å². The number of H-pyrrole nitrogens is 1. The van der Waals surface area contributed by atoms with Crippen LogP contribution in [0.3, 0.4) is 0 Å². The Labute approximate surface area is 204 Å². The van der Waals surface area contributed by atoms with E-state index in [1.165, 1.54) is 12.1 Å². The van der Waals surface area contributed by atoms with E-state index in [-0.39, 0.29) is 5.82 Å². The summed E-state index contributed by atoms with van der Waals surface area (Å²) in [6.45, 7) is 3.70. The average molecular weight is 501 g/mol. The van der Waals surface area contributed by atoms with E-state index in [9.17, 15) is 22.8 Å². The van der Waals surface area contributed by atoms with Gasteiger partial charge in [-0.25, -0.2) is 9.18 Å². The Balaban J connectivity index is 0.000000454. The van der Waals surface area contributed by atoms with Crippen LogP contribution in [0.1, 0.15) is 23.2 Å². The number of nitrogens with zero attached hydrogens (tertiary/aromatic N) is 3. The minimum Gasteiger partial charge on any atom is -0.475 e. The number of carbonyl (C=O) groups is 1. The maximum absolute atomic E-state index is 13.0. The number of halogens is 4. The Morgan fingerprint density at radius 2 is 1.83 bits per heavy atom. The van der Waals surface area contributed by atoms with Crippen LogP contribution < -0.4 is 10.2 Å².